The molecule has 1 atom stereocenters. The average molecular weight is 567 g/mol. The molecule has 0 spiro atoms. The summed E-state index contributed by atoms with van der Waals surface area (Å²) in [5.74, 6) is -0.728. The van der Waals surface area contributed by atoms with E-state index in [2.05, 4.69) is 22.1 Å². The number of rotatable bonds is 8. The predicted molar refractivity (Wildman–Crippen MR) is 159 cm³/mol. The van der Waals surface area contributed by atoms with Crippen LogP contribution < -0.4 is 0 Å². The maximum absolute atomic E-state index is 13.9. The van der Waals surface area contributed by atoms with E-state index in [9.17, 15) is 14.0 Å². The van der Waals surface area contributed by atoms with E-state index >= 15 is 0 Å². The largest absolute Gasteiger partial charge is 0.478 e. The summed E-state index contributed by atoms with van der Waals surface area (Å²) < 4.78 is 15.6. The summed E-state index contributed by atoms with van der Waals surface area (Å²) in [5.41, 5.74) is 4.99. The van der Waals surface area contributed by atoms with E-state index in [1.807, 2.05) is 39.9 Å². The van der Waals surface area contributed by atoms with E-state index in [1.54, 1.807) is 30.5 Å². The first kappa shape index (κ1) is 27.8. The molecule has 3 heterocycles. The summed E-state index contributed by atoms with van der Waals surface area (Å²) in [6, 6.07) is 23.7. The van der Waals surface area contributed by atoms with Crippen molar-refractivity contribution in [3.63, 3.8) is 0 Å². The number of halogens is 1. The molecule has 6 rings (SSSR count). The Balaban J connectivity index is 1.17. The smallest absolute Gasteiger partial charge is 0.335 e. The number of amides is 1. The Hall–Kier alpha value is -4.30. The van der Waals surface area contributed by atoms with Crippen LogP contribution in [0.15, 0.2) is 85.1 Å². The summed E-state index contributed by atoms with van der Waals surface area (Å²) in [7, 11) is 0. The summed E-state index contributed by atoms with van der Waals surface area (Å²) in [6.45, 7) is 4.07. The zero-order chi connectivity index (χ0) is 29.1. The van der Waals surface area contributed by atoms with Crippen LogP contribution in [0.2, 0.25) is 0 Å². The standard InChI is InChI=1S/C34H35FN4O3/c35-29-10-12-30(13-11-29)39-32(26-15-19-37(20-16-26)18-14-24-6-8-27(9-7-24)34(41)42)31(22-36-39)33(40)38-21-17-28(23-38)25-4-2-1-3-5-25/h1-13,22,26,28H,14-21,23H2,(H,41,42)/t28-/m0/s1. The second kappa shape index (κ2) is 12.3. The van der Waals surface area contributed by atoms with Gasteiger partial charge in [0.05, 0.1) is 28.7 Å². The summed E-state index contributed by atoms with van der Waals surface area (Å²) in [6.07, 6.45) is 5.26. The number of hydrogen-bond acceptors (Lipinski definition) is 4. The molecule has 1 N–H and O–H groups in total. The van der Waals surface area contributed by atoms with Crippen molar-refractivity contribution in [1.29, 1.82) is 0 Å². The van der Waals surface area contributed by atoms with Crippen LogP contribution in [0.3, 0.4) is 0 Å². The van der Waals surface area contributed by atoms with Gasteiger partial charge >= 0.3 is 5.97 Å². The number of aromatic nitrogens is 2. The number of carbonyl (C=O) groups is 2. The van der Waals surface area contributed by atoms with E-state index < -0.39 is 5.97 Å². The molecule has 8 heteroatoms. The van der Waals surface area contributed by atoms with Crippen LogP contribution in [-0.2, 0) is 6.42 Å². The normalized spacial score (nSPS) is 17.9. The van der Waals surface area contributed by atoms with E-state index in [0.717, 1.165) is 62.3 Å². The third-order valence-electron chi connectivity index (χ3n) is 8.75. The van der Waals surface area contributed by atoms with Gasteiger partial charge in [-0.1, -0.05) is 42.5 Å². The van der Waals surface area contributed by atoms with Crippen LogP contribution in [-0.4, -0.2) is 69.3 Å². The van der Waals surface area contributed by atoms with Crippen molar-refractivity contribution in [2.45, 2.75) is 37.5 Å². The topological polar surface area (TPSA) is 78.7 Å². The van der Waals surface area contributed by atoms with E-state index in [0.29, 0.717) is 30.1 Å². The van der Waals surface area contributed by atoms with Crippen LogP contribution in [0, 0.1) is 5.82 Å². The molecule has 216 valence electrons. The Morgan fingerprint density at radius 2 is 1.55 bits per heavy atom. The molecule has 1 amide bonds. The monoisotopic (exact) mass is 566 g/mol. The molecule has 2 aliphatic heterocycles. The van der Waals surface area contributed by atoms with Crippen LogP contribution in [0.5, 0.6) is 0 Å². The molecule has 3 aromatic carbocycles. The molecule has 0 radical (unpaired) electrons. The van der Waals surface area contributed by atoms with E-state index in [4.69, 9.17) is 5.11 Å². The van der Waals surface area contributed by atoms with Gasteiger partial charge < -0.3 is 14.9 Å². The molecular weight excluding hydrogens is 531 g/mol. The number of carboxylic acid groups (broad SMARTS) is 1. The zero-order valence-electron chi connectivity index (χ0n) is 23.5. The van der Waals surface area contributed by atoms with Crippen molar-refractivity contribution in [1.82, 2.24) is 19.6 Å². The van der Waals surface area contributed by atoms with Gasteiger partial charge in [-0.15, -0.1) is 0 Å². The Morgan fingerprint density at radius 3 is 2.24 bits per heavy atom. The first-order valence-corrected chi connectivity index (χ1v) is 14.7. The van der Waals surface area contributed by atoms with Gasteiger partial charge in [-0.3, -0.25) is 4.79 Å². The third kappa shape index (κ3) is 5.99. The molecule has 0 aliphatic carbocycles. The van der Waals surface area contributed by atoms with Gasteiger partial charge in [0.25, 0.3) is 5.91 Å². The minimum atomic E-state index is -0.915. The van der Waals surface area contributed by atoms with Crippen molar-refractivity contribution in [3.05, 3.63) is 119 Å². The minimum absolute atomic E-state index is 0.0176. The molecule has 0 bridgehead atoms. The zero-order valence-corrected chi connectivity index (χ0v) is 23.5. The lowest BCUT2D eigenvalue weighted by Gasteiger charge is -2.33. The Labute approximate surface area is 245 Å². The Morgan fingerprint density at radius 1 is 0.857 bits per heavy atom. The molecule has 42 heavy (non-hydrogen) atoms. The molecule has 1 aromatic heterocycles. The van der Waals surface area contributed by atoms with E-state index in [-0.39, 0.29) is 17.6 Å². The number of carbonyl (C=O) groups excluding carboxylic acids is 1. The maximum atomic E-state index is 13.9. The van der Waals surface area contributed by atoms with Crippen LogP contribution in [0.1, 0.15) is 68.6 Å². The lowest BCUT2D eigenvalue weighted by Crippen LogP contribution is -2.36. The quantitative estimate of drug-likeness (QED) is 0.293. The van der Waals surface area contributed by atoms with Crippen molar-refractivity contribution in [2.24, 2.45) is 0 Å². The number of benzene rings is 3. The Kier molecular flexibility index (Phi) is 8.15. The van der Waals surface area contributed by atoms with Crippen molar-refractivity contribution in [2.75, 3.05) is 32.7 Å². The van der Waals surface area contributed by atoms with Crippen molar-refractivity contribution < 1.29 is 19.1 Å². The molecule has 2 aliphatic rings. The number of carboxylic acids is 1. The molecule has 2 fully saturated rings. The van der Waals surface area contributed by atoms with Crippen LogP contribution >= 0.6 is 0 Å². The molecule has 7 nitrogen and oxygen atoms in total. The number of likely N-dealkylation sites (tertiary alicyclic amines) is 2. The second-order valence-electron chi connectivity index (χ2n) is 11.3. The fraction of sp³-hybridized carbons (Fsp3) is 0.324. The molecule has 4 aromatic rings. The van der Waals surface area contributed by atoms with Gasteiger partial charge in [0.1, 0.15) is 5.82 Å². The van der Waals surface area contributed by atoms with Crippen molar-refractivity contribution >= 4 is 11.9 Å². The Bertz CT molecular complexity index is 1530. The van der Waals surface area contributed by atoms with Gasteiger partial charge in [-0.05, 0) is 86.3 Å². The average Bonchev–Trinajstić information content (AvgIpc) is 3.70. The number of aromatic carboxylic acids is 1. The summed E-state index contributed by atoms with van der Waals surface area (Å²) in [4.78, 5) is 29.5. The van der Waals surface area contributed by atoms with Gasteiger partial charge in [0.15, 0.2) is 0 Å². The fourth-order valence-electron chi connectivity index (χ4n) is 6.35. The van der Waals surface area contributed by atoms with Crippen LogP contribution in [0.25, 0.3) is 5.69 Å². The third-order valence-corrected chi connectivity index (χ3v) is 8.75. The lowest BCUT2D eigenvalue weighted by atomic mass is 9.90. The molecular formula is C34H35FN4O3. The number of hydrogen-bond donors (Lipinski definition) is 1. The summed E-state index contributed by atoms with van der Waals surface area (Å²) >= 11 is 0. The van der Waals surface area contributed by atoms with Crippen molar-refractivity contribution in [3.8, 4) is 5.69 Å². The molecule has 0 unspecified atom stereocenters. The van der Waals surface area contributed by atoms with Gasteiger partial charge in [0.2, 0.25) is 0 Å². The first-order chi connectivity index (χ1) is 20.5. The SMILES string of the molecule is O=C(O)c1ccc(CCN2CCC(c3c(C(=O)N4CC[C@H](c5ccccc5)C4)cnn3-c3ccc(F)cc3)CC2)cc1. The highest BCUT2D eigenvalue weighted by molar-refractivity contribution is 5.95. The molecule has 0 saturated carbocycles. The lowest BCUT2D eigenvalue weighted by molar-refractivity contribution is 0.0696. The van der Waals surface area contributed by atoms with Crippen LogP contribution in [0.4, 0.5) is 4.39 Å². The fourth-order valence-corrected chi connectivity index (χ4v) is 6.35. The van der Waals surface area contributed by atoms with Gasteiger partial charge in [-0.25, -0.2) is 13.9 Å². The number of nitrogens with zero attached hydrogens (tertiary/aromatic N) is 4. The summed E-state index contributed by atoms with van der Waals surface area (Å²) in [5, 5.41) is 13.8. The second-order valence-corrected chi connectivity index (χ2v) is 11.3. The minimum Gasteiger partial charge on any atom is -0.478 e. The highest BCUT2D eigenvalue weighted by Crippen LogP contribution is 2.35. The van der Waals surface area contributed by atoms with E-state index in [1.165, 1.54) is 17.7 Å². The van der Waals surface area contributed by atoms with Gasteiger partial charge in [0, 0.05) is 31.5 Å². The first-order valence-electron chi connectivity index (χ1n) is 14.7. The highest BCUT2D eigenvalue weighted by atomic mass is 19.1. The maximum Gasteiger partial charge on any atom is 0.335 e. The predicted octanol–water partition coefficient (Wildman–Crippen LogP) is 5.76. The highest BCUT2D eigenvalue weighted by Gasteiger charge is 2.34. The molecule has 2 saturated heterocycles. The number of piperidine rings is 1. The van der Waals surface area contributed by atoms with Gasteiger partial charge in [-0.2, -0.15) is 5.10 Å².